The van der Waals surface area contributed by atoms with Crippen molar-refractivity contribution in [3.63, 3.8) is 0 Å². The molecular weight excluding hydrogens is 317 g/mol. The van der Waals surface area contributed by atoms with Gasteiger partial charge in [0.2, 0.25) is 5.91 Å². The zero-order valence-corrected chi connectivity index (χ0v) is 14.9. The molecule has 3 nitrogen and oxygen atoms in total. The number of amides is 1. The molecule has 132 valence electrons. The number of benzene rings is 2. The van der Waals surface area contributed by atoms with Gasteiger partial charge in [0.1, 0.15) is 11.6 Å². The van der Waals surface area contributed by atoms with Crippen LogP contribution in [0.1, 0.15) is 50.2 Å². The lowest BCUT2D eigenvalue weighted by atomic mass is 9.76. The number of rotatable bonds is 5. The van der Waals surface area contributed by atoms with Crippen LogP contribution in [-0.4, -0.2) is 13.0 Å². The molecule has 0 bridgehead atoms. The minimum atomic E-state index is -0.815. The number of nitrogens with two attached hydrogens (primary N) is 1. The van der Waals surface area contributed by atoms with Gasteiger partial charge < -0.3 is 10.5 Å². The predicted octanol–water partition coefficient (Wildman–Crippen LogP) is 4.53. The number of primary amides is 1. The lowest BCUT2D eigenvalue weighted by Gasteiger charge is -2.29. The van der Waals surface area contributed by atoms with Crippen LogP contribution in [0.5, 0.6) is 5.75 Å². The minimum Gasteiger partial charge on any atom is -0.496 e. The lowest BCUT2D eigenvalue weighted by molar-refractivity contribution is -0.122. The fourth-order valence-electron chi connectivity index (χ4n) is 3.33. The molecule has 1 aliphatic carbocycles. The molecule has 1 aliphatic rings. The van der Waals surface area contributed by atoms with Gasteiger partial charge in [0, 0.05) is 5.56 Å². The van der Waals surface area contributed by atoms with Crippen molar-refractivity contribution >= 4 is 5.91 Å². The average Bonchev–Trinajstić information content (AvgIpc) is 2.54. The summed E-state index contributed by atoms with van der Waals surface area (Å²) in [7, 11) is 1.60. The molecule has 0 spiro atoms. The van der Waals surface area contributed by atoms with Crippen molar-refractivity contribution in [2.45, 2.75) is 44.4 Å². The number of ether oxygens (including phenoxy) is 1. The molecule has 0 radical (unpaired) electrons. The molecule has 0 aromatic heterocycles. The van der Waals surface area contributed by atoms with E-state index in [9.17, 15) is 9.18 Å². The third kappa shape index (κ3) is 3.01. The molecule has 3 rings (SSSR count). The van der Waals surface area contributed by atoms with Gasteiger partial charge in [-0.05, 0) is 67.5 Å². The fraction of sp³-hybridized carbons (Fsp3) is 0.381. The Labute approximate surface area is 148 Å². The van der Waals surface area contributed by atoms with Crippen LogP contribution in [0.4, 0.5) is 4.39 Å². The van der Waals surface area contributed by atoms with E-state index in [0.29, 0.717) is 5.75 Å². The van der Waals surface area contributed by atoms with Gasteiger partial charge in [0.25, 0.3) is 0 Å². The van der Waals surface area contributed by atoms with Gasteiger partial charge in [-0.15, -0.1) is 0 Å². The number of hydrogen-bond acceptors (Lipinski definition) is 2. The van der Waals surface area contributed by atoms with E-state index in [1.54, 1.807) is 27.0 Å². The van der Waals surface area contributed by atoms with E-state index in [1.165, 1.54) is 6.07 Å². The highest BCUT2D eigenvalue weighted by atomic mass is 19.1. The van der Waals surface area contributed by atoms with Gasteiger partial charge in [0.15, 0.2) is 0 Å². The highest BCUT2D eigenvalue weighted by molar-refractivity contribution is 5.87. The maximum atomic E-state index is 14.6. The molecule has 0 aliphatic heterocycles. The van der Waals surface area contributed by atoms with Crippen LogP contribution >= 0.6 is 0 Å². The first-order valence-electron chi connectivity index (χ1n) is 8.63. The van der Waals surface area contributed by atoms with Gasteiger partial charge in [-0.3, -0.25) is 4.79 Å². The average molecular weight is 341 g/mol. The van der Waals surface area contributed by atoms with Gasteiger partial charge in [-0.25, -0.2) is 4.39 Å². The second-order valence-corrected chi connectivity index (χ2v) is 7.23. The molecule has 25 heavy (non-hydrogen) atoms. The van der Waals surface area contributed by atoms with Crippen molar-refractivity contribution in [3.05, 3.63) is 53.3 Å². The first-order chi connectivity index (χ1) is 11.9. The quantitative estimate of drug-likeness (QED) is 0.868. The topological polar surface area (TPSA) is 52.3 Å². The Kier molecular flexibility index (Phi) is 4.55. The Balaban J connectivity index is 2.20. The molecule has 1 saturated carbocycles. The molecular formula is C21H24FNO2. The maximum Gasteiger partial charge on any atom is 0.227 e. The van der Waals surface area contributed by atoms with E-state index in [1.807, 2.05) is 24.3 Å². The molecule has 1 amide bonds. The smallest absolute Gasteiger partial charge is 0.227 e. The molecule has 0 unspecified atom stereocenters. The molecule has 1 fully saturated rings. The zero-order chi connectivity index (χ0) is 18.2. The third-order valence-electron chi connectivity index (χ3n) is 5.39. The minimum absolute atomic E-state index is 0.177. The van der Waals surface area contributed by atoms with Crippen LogP contribution in [0, 0.1) is 5.82 Å². The van der Waals surface area contributed by atoms with E-state index in [0.717, 1.165) is 41.5 Å². The first-order valence-corrected chi connectivity index (χ1v) is 8.63. The summed E-state index contributed by atoms with van der Waals surface area (Å²) in [5.41, 5.74) is 7.93. The van der Waals surface area contributed by atoms with Gasteiger partial charge in [-0.1, -0.05) is 24.6 Å². The Morgan fingerprint density at radius 2 is 1.92 bits per heavy atom. The van der Waals surface area contributed by atoms with Gasteiger partial charge in [-0.2, -0.15) is 0 Å². The van der Waals surface area contributed by atoms with Crippen LogP contribution in [-0.2, 0) is 10.2 Å². The van der Waals surface area contributed by atoms with E-state index in [4.69, 9.17) is 10.5 Å². The van der Waals surface area contributed by atoms with Gasteiger partial charge >= 0.3 is 0 Å². The van der Waals surface area contributed by atoms with Crippen LogP contribution in [0.2, 0.25) is 0 Å². The highest BCUT2D eigenvalue weighted by Crippen LogP contribution is 2.45. The Morgan fingerprint density at radius 3 is 2.48 bits per heavy atom. The highest BCUT2D eigenvalue weighted by Gasteiger charge is 2.30. The molecule has 0 heterocycles. The number of carbonyl (C=O) groups is 1. The van der Waals surface area contributed by atoms with Gasteiger partial charge in [0.05, 0.1) is 12.5 Å². The van der Waals surface area contributed by atoms with Crippen molar-refractivity contribution in [2.24, 2.45) is 5.73 Å². The van der Waals surface area contributed by atoms with E-state index in [-0.39, 0.29) is 11.7 Å². The SMILES string of the molecule is COc1ccc(C(C)(C)C(N)=O)cc1-c1cccc(F)c1C1CCC1. The second kappa shape index (κ2) is 6.51. The summed E-state index contributed by atoms with van der Waals surface area (Å²) in [5, 5.41) is 0. The lowest BCUT2D eigenvalue weighted by Crippen LogP contribution is -2.35. The normalized spacial score (nSPS) is 14.9. The van der Waals surface area contributed by atoms with Crippen molar-refractivity contribution in [1.29, 1.82) is 0 Å². The predicted molar refractivity (Wildman–Crippen MR) is 97.2 cm³/mol. The molecule has 2 N–H and O–H groups in total. The van der Waals surface area contributed by atoms with E-state index in [2.05, 4.69) is 0 Å². The van der Waals surface area contributed by atoms with E-state index < -0.39 is 11.3 Å². The summed E-state index contributed by atoms with van der Waals surface area (Å²) < 4.78 is 20.1. The summed E-state index contributed by atoms with van der Waals surface area (Å²) in [6, 6.07) is 10.7. The zero-order valence-electron chi connectivity index (χ0n) is 14.9. The molecule has 4 heteroatoms. The van der Waals surface area contributed by atoms with Crippen LogP contribution < -0.4 is 10.5 Å². The summed E-state index contributed by atoms with van der Waals surface area (Å²) in [5.74, 6) is 0.329. The Hall–Kier alpha value is -2.36. The second-order valence-electron chi connectivity index (χ2n) is 7.23. The van der Waals surface area contributed by atoms with Crippen molar-refractivity contribution in [3.8, 4) is 16.9 Å². The van der Waals surface area contributed by atoms with E-state index >= 15 is 0 Å². The summed E-state index contributed by atoms with van der Waals surface area (Å²) >= 11 is 0. The van der Waals surface area contributed by atoms with Crippen LogP contribution in [0.25, 0.3) is 11.1 Å². The molecule has 0 atom stereocenters. The molecule has 2 aromatic rings. The Bertz CT molecular complexity index is 810. The molecule has 0 saturated heterocycles. The number of methoxy groups -OCH3 is 1. The van der Waals surface area contributed by atoms with Crippen molar-refractivity contribution < 1.29 is 13.9 Å². The molecule has 2 aromatic carbocycles. The number of carbonyl (C=O) groups excluding carboxylic acids is 1. The summed E-state index contributed by atoms with van der Waals surface area (Å²) in [6.07, 6.45) is 3.13. The van der Waals surface area contributed by atoms with Crippen LogP contribution in [0.3, 0.4) is 0 Å². The number of halogens is 1. The number of hydrogen-bond donors (Lipinski definition) is 1. The van der Waals surface area contributed by atoms with Crippen molar-refractivity contribution in [2.75, 3.05) is 7.11 Å². The Morgan fingerprint density at radius 1 is 1.20 bits per heavy atom. The standard InChI is InChI=1S/C21H24FNO2/c1-21(2,20(23)24)14-10-11-18(25-3)16(12-14)15-8-5-9-17(22)19(15)13-6-4-7-13/h5,8-13H,4,6-7H2,1-3H3,(H2,23,24). The maximum absolute atomic E-state index is 14.6. The third-order valence-corrected chi connectivity index (χ3v) is 5.39. The largest absolute Gasteiger partial charge is 0.496 e. The fourth-order valence-corrected chi connectivity index (χ4v) is 3.33. The summed E-state index contributed by atoms with van der Waals surface area (Å²) in [4.78, 5) is 11.8. The van der Waals surface area contributed by atoms with Crippen molar-refractivity contribution in [1.82, 2.24) is 0 Å². The summed E-state index contributed by atoms with van der Waals surface area (Å²) in [6.45, 7) is 3.58. The van der Waals surface area contributed by atoms with Crippen LogP contribution in [0.15, 0.2) is 36.4 Å². The monoisotopic (exact) mass is 341 g/mol. The first kappa shape index (κ1) is 17.5.